The molecule has 1 aliphatic carbocycles. The minimum Gasteiger partial charge on any atom is -0.481 e. The largest absolute Gasteiger partial charge is 0.481 e. The van der Waals surface area contributed by atoms with Gasteiger partial charge in [-0.15, -0.1) is 0 Å². The molecule has 162 valence electrons. The van der Waals surface area contributed by atoms with Crippen molar-refractivity contribution in [1.29, 1.82) is 0 Å². The lowest BCUT2D eigenvalue weighted by Crippen LogP contribution is -2.62. The maximum absolute atomic E-state index is 12.8. The number of piperazine rings is 1. The van der Waals surface area contributed by atoms with Crippen LogP contribution >= 0.6 is 0 Å². The zero-order valence-electron chi connectivity index (χ0n) is 18.8. The molecule has 1 aromatic carbocycles. The first-order chi connectivity index (χ1) is 13.9. The molecule has 0 spiro atoms. The van der Waals surface area contributed by atoms with Crippen LogP contribution in [0.5, 0.6) is 5.75 Å². The average Bonchev–Trinajstić information content (AvgIpc) is 2.75. The van der Waals surface area contributed by atoms with Gasteiger partial charge in [0.05, 0.1) is 0 Å². The fourth-order valence-electron chi connectivity index (χ4n) is 4.79. The standard InChI is InChI=1S/C24H39N3O2/c1-5-26-13-15-27(16-14-26)24(11-7-6-8-12-24)18-25-23(28)21(4)29-22-10-9-19(2)20(3)17-22/h9-10,17,21H,5-8,11-16,18H2,1-4H3,(H,25,28)/t21-/m1/s1. The summed E-state index contributed by atoms with van der Waals surface area (Å²) in [5.74, 6) is 0.749. The molecule has 1 N–H and O–H groups in total. The molecule has 1 heterocycles. The van der Waals surface area contributed by atoms with E-state index in [4.69, 9.17) is 4.74 Å². The van der Waals surface area contributed by atoms with Crippen molar-refractivity contribution in [3.8, 4) is 5.75 Å². The average molecular weight is 402 g/mol. The number of ether oxygens (including phenoxy) is 1. The first-order valence-electron chi connectivity index (χ1n) is 11.4. The van der Waals surface area contributed by atoms with Gasteiger partial charge in [-0.2, -0.15) is 0 Å². The van der Waals surface area contributed by atoms with Crippen molar-refractivity contribution in [2.75, 3.05) is 39.3 Å². The molecule has 2 aliphatic rings. The quantitative estimate of drug-likeness (QED) is 0.759. The minimum atomic E-state index is -0.491. The SMILES string of the molecule is CCN1CCN(C2(CNC(=O)[C@@H](C)Oc3ccc(C)c(C)c3)CCCCC2)CC1. The maximum atomic E-state index is 12.8. The third-order valence-corrected chi connectivity index (χ3v) is 7.03. The molecule has 5 heteroatoms. The van der Waals surface area contributed by atoms with Gasteiger partial charge in [-0.1, -0.05) is 32.3 Å². The van der Waals surface area contributed by atoms with E-state index in [9.17, 15) is 4.79 Å². The van der Waals surface area contributed by atoms with Gasteiger partial charge in [0.25, 0.3) is 5.91 Å². The van der Waals surface area contributed by atoms with Gasteiger partial charge < -0.3 is 15.0 Å². The van der Waals surface area contributed by atoms with Crippen molar-refractivity contribution in [3.63, 3.8) is 0 Å². The molecule has 1 atom stereocenters. The zero-order valence-corrected chi connectivity index (χ0v) is 18.8. The summed E-state index contributed by atoms with van der Waals surface area (Å²) in [5, 5.41) is 3.24. The molecule has 3 rings (SSSR count). The number of nitrogens with one attached hydrogen (secondary N) is 1. The molecule has 2 fully saturated rings. The number of hydrogen-bond donors (Lipinski definition) is 1. The van der Waals surface area contributed by atoms with E-state index in [2.05, 4.69) is 35.9 Å². The highest BCUT2D eigenvalue weighted by molar-refractivity contribution is 5.80. The Morgan fingerprint density at radius 1 is 1.10 bits per heavy atom. The van der Waals surface area contributed by atoms with Crippen molar-refractivity contribution < 1.29 is 9.53 Å². The van der Waals surface area contributed by atoms with Crippen molar-refractivity contribution in [3.05, 3.63) is 29.3 Å². The fraction of sp³-hybridized carbons (Fsp3) is 0.708. The van der Waals surface area contributed by atoms with Gasteiger partial charge in [0, 0.05) is 38.3 Å². The van der Waals surface area contributed by atoms with E-state index in [1.807, 2.05) is 25.1 Å². The van der Waals surface area contributed by atoms with E-state index in [0.717, 1.165) is 45.0 Å². The van der Waals surface area contributed by atoms with Gasteiger partial charge in [-0.25, -0.2) is 0 Å². The van der Waals surface area contributed by atoms with Crippen LogP contribution in [0.25, 0.3) is 0 Å². The maximum Gasteiger partial charge on any atom is 0.260 e. The van der Waals surface area contributed by atoms with Crippen LogP contribution in [0.15, 0.2) is 18.2 Å². The van der Waals surface area contributed by atoms with Crippen molar-refractivity contribution >= 4 is 5.91 Å². The molecule has 5 nitrogen and oxygen atoms in total. The lowest BCUT2D eigenvalue weighted by Gasteiger charge is -2.50. The van der Waals surface area contributed by atoms with Gasteiger partial charge in [0.1, 0.15) is 5.75 Å². The number of rotatable bonds is 7. The molecule has 1 aromatic rings. The molecular weight excluding hydrogens is 362 g/mol. The summed E-state index contributed by atoms with van der Waals surface area (Å²) in [4.78, 5) is 18.0. The zero-order chi connectivity index (χ0) is 20.9. The van der Waals surface area contributed by atoms with Crippen molar-refractivity contribution in [2.24, 2.45) is 0 Å². The highest BCUT2D eigenvalue weighted by atomic mass is 16.5. The lowest BCUT2D eigenvalue weighted by molar-refractivity contribution is -0.128. The van der Waals surface area contributed by atoms with Crippen LogP contribution in [0.3, 0.4) is 0 Å². The summed E-state index contributed by atoms with van der Waals surface area (Å²) in [5.41, 5.74) is 2.54. The summed E-state index contributed by atoms with van der Waals surface area (Å²) in [6.07, 6.45) is 5.72. The highest BCUT2D eigenvalue weighted by Gasteiger charge is 2.39. The number of nitrogens with zero attached hydrogens (tertiary/aromatic N) is 2. The van der Waals surface area contributed by atoms with Crippen LogP contribution in [-0.2, 0) is 4.79 Å². The van der Waals surface area contributed by atoms with Crippen molar-refractivity contribution in [1.82, 2.24) is 15.1 Å². The minimum absolute atomic E-state index is 0.0135. The number of carbonyl (C=O) groups is 1. The van der Waals surface area contributed by atoms with E-state index in [0.29, 0.717) is 0 Å². The summed E-state index contributed by atoms with van der Waals surface area (Å²) >= 11 is 0. The molecular formula is C24H39N3O2. The van der Waals surface area contributed by atoms with E-state index in [1.54, 1.807) is 0 Å². The number of amides is 1. The second-order valence-corrected chi connectivity index (χ2v) is 8.93. The molecule has 0 aromatic heterocycles. The summed E-state index contributed by atoms with van der Waals surface area (Å²) < 4.78 is 5.93. The fourth-order valence-corrected chi connectivity index (χ4v) is 4.79. The summed E-state index contributed by atoms with van der Waals surface area (Å²) in [6, 6.07) is 6.00. The third-order valence-electron chi connectivity index (χ3n) is 7.03. The Morgan fingerprint density at radius 3 is 2.41 bits per heavy atom. The number of hydrogen-bond acceptors (Lipinski definition) is 4. The van der Waals surface area contributed by atoms with Crippen LogP contribution in [0.1, 0.15) is 57.1 Å². The second kappa shape index (κ2) is 9.94. The highest BCUT2D eigenvalue weighted by Crippen LogP contribution is 2.34. The lowest BCUT2D eigenvalue weighted by atomic mass is 9.79. The van der Waals surface area contributed by atoms with Gasteiger partial charge in [0.15, 0.2) is 6.10 Å². The topological polar surface area (TPSA) is 44.8 Å². The van der Waals surface area contributed by atoms with Crippen LogP contribution in [0.4, 0.5) is 0 Å². The first kappa shape index (κ1) is 22.1. The number of benzene rings is 1. The molecule has 1 amide bonds. The number of likely N-dealkylation sites (N-methyl/N-ethyl adjacent to an activating group) is 1. The van der Waals surface area contributed by atoms with Crippen LogP contribution < -0.4 is 10.1 Å². The second-order valence-electron chi connectivity index (χ2n) is 8.93. The summed E-state index contributed by atoms with van der Waals surface area (Å²) in [7, 11) is 0. The van der Waals surface area contributed by atoms with Crippen LogP contribution in [0, 0.1) is 13.8 Å². The Labute approximate surface area is 176 Å². The molecule has 29 heavy (non-hydrogen) atoms. The first-order valence-corrected chi connectivity index (χ1v) is 11.4. The molecule has 0 unspecified atom stereocenters. The number of aryl methyl sites for hydroxylation is 2. The van der Waals surface area contributed by atoms with E-state index < -0.39 is 6.10 Å². The molecule has 1 aliphatic heterocycles. The Kier molecular flexibility index (Phi) is 7.58. The third kappa shape index (κ3) is 5.52. The molecule has 0 radical (unpaired) electrons. The van der Waals surface area contributed by atoms with Gasteiger partial charge in [0.2, 0.25) is 0 Å². The Bertz CT molecular complexity index is 677. The Balaban J connectivity index is 1.58. The van der Waals surface area contributed by atoms with E-state index in [1.165, 1.54) is 43.2 Å². The molecule has 0 bridgehead atoms. The molecule has 1 saturated carbocycles. The van der Waals surface area contributed by atoms with Crippen LogP contribution in [-0.4, -0.2) is 66.6 Å². The van der Waals surface area contributed by atoms with E-state index >= 15 is 0 Å². The van der Waals surface area contributed by atoms with Crippen molar-refractivity contribution in [2.45, 2.75) is 71.4 Å². The number of carbonyl (C=O) groups excluding carboxylic acids is 1. The van der Waals surface area contributed by atoms with Gasteiger partial charge >= 0.3 is 0 Å². The van der Waals surface area contributed by atoms with Gasteiger partial charge in [-0.3, -0.25) is 9.69 Å². The predicted octanol–water partition coefficient (Wildman–Crippen LogP) is 3.53. The van der Waals surface area contributed by atoms with E-state index in [-0.39, 0.29) is 11.4 Å². The van der Waals surface area contributed by atoms with Crippen LogP contribution in [0.2, 0.25) is 0 Å². The smallest absolute Gasteiger partial charge is 0.260 e. The normalized spacial score (nSPS) is 21.5. The Hall–Kier alpha value is -1.59. The summed E-state index contributed by atoms with van der Waals surface area (Å²) in [6.45, 7) is 14.6. The predicted molar refractivity (Wildman–Crippen MR) is 119 cm³/mol. The van der Waals surface area contributed by atoms with Gasteiger partial charge in [-0.05, 0) is 63.4 Å². The molecule has 1 saturated heterocycles. The Morgan fingerprint density at radius 2 is 1.79 bits per heavy atom. The monoisotopic (exact) mass is 401 g/mol.